The van der Waals surface area contributed by atoms with Crippen LogP contribution in [-0.4, -0.2) is 21.8 Å². The smallest absolute Gasteiger partial charge is 0.271 e. The molecule has 3 aromatic rings. The summed E-state index contributed by atoms with van der Waals surface area (Å²) < 4.78 is 0. The molecule has 0 aliphatic heterocycles. The van der Waals surface area contributed by atoms with E-state index in [2.05, 4.69) is 15.3 Å². The van der Waals surface area contributed by atoms with Gasteiger partial charge in [-0.1, -0.05) is 18.2 Å². The number of rotatable bonds is 4. The highest BCUT2D eigenvalue weighted by Gasteiger charge is 2.14. The van der Waals surface area contributed by atoms with Crippen molar-refractivity contribution in [1.82, 2.24) is 9.97 Å². The minimum absolute atomic E-state index is 0.0215. The van der Waals surface area contributed by atoms with Crippen molar-refractivity contribution in [3.8, 4) is 0 Å². The molecule has 2 aromatic carbocycles. The Hall–Kier alpha value is -3.48. The summed E-state index contributed by atoms with van der Waals surface area (Å²) in [6.45, 7) is 0. The highest BCUT2D eigenvalue weighted by molar-refractivity contribution is 5.99. The summed E-state index contributed by atoms with van der Waals surface area (Å²) in [5, 5.41) is 2.96. The average molecular weight is 307 g/mol. The molecule has 0 aliphatic rings. The summed E-state index contributed by atoms with van der Waals surface area (Å²) in [7, 11) is 0. The molecule has 3 rings (SSSR count). The lowest BCUT2D eigenvalue weighted by Crippen LogP contribution is -2.17. The molecule has 0 bridgehead atoms. The number of nitrogens with one attached hydrogen (secondary N) is 1. The molecule has 0 unspecified atom stereocenters. The summed E-state index contributed by atoms with van der Waals surface area (Å²) >= 11 is 0. The van der Waals surface area contributed by atoms with Gasteiger partial charge in [0.15, 0.2) is 11.5 Å². The zero-order valence-corrected chi connectivity index (χ0v) is 12.0. The Morgan fingerprint density at radius 1 is 0.870 bits per heavy atom. The molecule has 0 fully saturated rings. The quantitative estimate of drug-likeness (QED) is 0.675. The molecule has 114 valence electrons. The van der Waals surface area contributed by atoms with Gasteiger partial charge in [0.05, 0.1) is 11.0 Å². The molecule has 7 heteroatoms. The molecule has 0 spiro atoms. The number of fused-ring (bicyclic) bond motifs is 1. The van der Waals surface area contributed by atoms with Gasteiger partial charge in [0, 0.05) is 11.3 Å². The Morgan fingerprint density at radius 3 is 2.22 bits per heavy atom. The topological polar surface area (TPSA) is 124 Å². The molecular formula is C16H13N5O2. The Morgan fingerprint density at radius 2 is 1.57 bits per heavy atom. The van der Waals surface area contributed by atoms with E-state index in [1.54, 1.807) is 42.5 Å². The lowest BCUT2D eigenvalue weighted by molar-refractivity contribution is 0.0989. The first-order valence-electron chi connectivity index (χ1n) is 6.78. The van der Waals surface area contributed by atoms with Crippen molar-refractivity contribution >= 4 is 34.4 Å². The maximum absolute atomic E-state index is 11.6. The Balaban J connectivity index is 2.08. The standard InChI is InChI=1S/C16H13N5O2/c17-14(22)9-4-3-5-10(8-9)19-16-13(15(18)23)20-11-6-1-2-7-12(11)21-16/h1-8H,(H2,17,22)(H2,18,23)(H,19,21). The number of hydrogen-bond acceptors (Lipinski definition) is 5. The fourth-order valence-corrected chi connectivity index (χ4v) is 2.15. The van der Waals surface area contributed by atoms with Crippen LogP contribution in [0.4, 0.5) is 11.5 Å². The number of nitrogens with two attached hydrogens (primary N) is 2. The molecule has 23 heavy (non-hydrogen) atoms. The van der Waals surface area contributed by atoms with Crippen LogP contribution in [0, 0.1) is 0 Å². The number of amides is 2. The minimum atomic E-state index is -0.697. The van der Waals surface area contributed by atoms with Crippen LogP contribution in [0.5, 0.6) is 0 Å². The zero-order chi connectivity index (χ0) is 16.4. The van der Waals surface area contributed by atoms with E-state index in [9.17, 15) is 9.59 Å². The minimum Gasteiger partial charge on any atom is -0.366 e. The van der Waals surface area contributed by atoms with Crippen molar-refractivity contribution in [3.63, 3.8) is 0 Å². The largest absolute Gasteiger partial charge is 0.366 e. The molecule has 0 radical (unpaired) electrons. The van der Waals surface area contributed by atoms with E-state index in [-0.39, 0.29) is 11.5 Å². The van der Waals surface area contributed by atoms with Crippen LogP contribution in [0.25, 0.3) is 11.0 Å². The number of hydrogen-bond donors (Lipinski definition) is 3. The fraction of sp³-hybridized carbons (Fsp3) is 0. The molecule has 1 heterocycles. The van der Waals surface area contributed by atoms with E-state index in [1.165, 1.54) is 0 Å². The summed E-state index contributed by atoms with van der Waals surface area (Å²) in [6, 6.07) is 13.7. The van der Waals surface area contributed by atoms with Crippen molar-refractivity contribution in [2.75, 3.05) is 5.32 Å². The highest BCUT2D eigenvalue weighted by atomic mass is 16.1. The Labute approximate surface area is 131 Å². The predicted molar refractivity (Wildman–Crippen MR) is 86.3 cm³/mol. The van der Waals surface area contributed by atoms with Gasteiger partial charge in [-0.25, -0.2) is 9.97 Å². The molecule has 0 atom stereocenters. The van der Waals surface area contributed by atoms with Gasteiger partial charge in [0.25, 0.3) is 5.91 Å². The first kappa shape index (κ1) is 14.5. The third-order valence-electron chi connectivity index (χ3n) is 3.21. The molecule has 0 saturated carbocycles. The second-order valence-corrected chi connectivity index (χ2v) is 4.84. The van der Waals surface area contributed by atoms with Gasteiger partial charge < -0.3 is 16.8 Å². The van der Waals surface area contributed by atoms with Gasteiger partial charge in [0.2, 0.25) is 5.91 Å². The van der Waals surface area contributed by atoms with E-state index in [4.69, 9.17) is 11.5 Å². The number of nitrogens with zero attached hydrogens (tertiary/aromatic N) is 2. The van der Waals surface area contributed by atoms with Gasteiger partial charge in [-0.15, -0.1) is 0 Å². The zero-order valence-electron chi connectivity index (χ0n) is 12.0. The Kier molecular flexibility index (Phi) is 3.60. The number of carbonyl (C=O) groups is 2. The Bertz CT molecular complexity index is 923. The molecular weight excluding hydrogens is 294 g/mol. The molecule has 0 saturated heterocycles. The molecule has 7 nitrogen and oxygen atoms in total. The molecule has 1 aromatic heterocycles. The predicted octanol–water partition coefficient (Wildman–Crippen LogP) is 1.57. The van der Waals surface area contributed by atoms with E-state index in [0.717, 1.165) is 0 Å². The lowest BCUT2D eigenvalue weighted by atomic mass is 10.2. The third kappa shape index (κ3) is 2.93. The monoisotopic (exact) mass is 307 g/mol. The van der Waals surface area contributed by atoms with Crippen molar-refractivity contribution in [2.45, 2.75) is 0 Å². The number of carbonyl (C=O) groups excluding carboxylic acids is 2. The maximum Gasteiger partial charge on any atom is 0.271 e. The number of anilines is 2. The van der Waals surface area contributed by atoms with E-state index in [1.807, 2.05) is 6.07 Å². The summed E-state index contributed by atoms with van der Waals surface area (Å²) in [4.78, 5) is 31.5. The van der Waals surface area contributed by atoms with Crippen molar-refractivity contribution < 1.29 is 9.59 Å². The van der Waals surface area contributed by atoms with Crippen LogP contribution < -0.4 is 16.8 Å². The van der Waals surface area contributed by atoms with Crippen LogP contribution in [0.3, 0.4) is 0 Å². The van der Waals surface area contributed by atoms with Gasteiger partial charge in [-0.3, -0.25) is 9.59 Å². The number of primary amides is 2. The first-order valence-corrected chi connectivity index (χ1v) is 6.78. The van der Waals surface area contributed by atoms with E-state index in [0.29, 0.717) is 22.3 Å². The van der Waals surface area contributed by atoms with Crippen LogP contribution in [0.2, 0.25) is 0 Å². The molecule has 5 N–H and O–H groups in total. The van der Waals surface area contributed by atoms with Gasteiger partial charge in [-0.05, 0) is 30.3 Å². The number of aromatic nitrogens is 2. The first-order chi connectivity index (χ1) is 11.0. The van der Waals surface area contributed by atoms with Crippen LogP contribution in [0.1, 0.15) is 20.8 Å². The highest BCUT2D eigenvalue weighted by Crippen LogP contribution is 2.21. The average Bonchev–Trinajstić information content (AvgIpc) is 2.54. The van der Waals surface area contributed by atoms with Crippen molar-refractivity contribution in [2.24, 2.45) is 11.5 Å². The summed E-state index contributed by atoms with van der Waals surface area (Å²) in [5.41, 5.74) is 12.7. The second-order valence-electron chi connectivity index (χ2n) is 4.84. The van der Waals surface area contributed by atoms with Gasteiger partial charge >= 0.3 is 0 Å². The molecule has 2 amide bonds. The van der Waals surface area contributed by atoms with Crippen LogP contribution in [-0.2, 0) is 0 Å². The van der Waals surface area contributed by atoms with Gasteiger partial charge in [0.1, 0.15) is 0 Å². The SMILES string of the molecule is NC(=O)c1cccc(Nc2nc3ccccc3nc2C(N)=O)c1. The molecule has 0 aliphatic carbocycles. The van der Waals surface area contributed by atoms with Crippen molar-refractivity contribution in [1.29, 1.82) is 0 Å². The third-order valence-corrected chi connectivity index (χ3v) is 3.21. The maximum atomic E-state index is 11.6. The van der Waals surface area contributed by atoms with Crippen LogP contribution in [0.15, 0.2) is 48.5 Å². The lowest BCUT2D eigenvalue weighted by Gasteiger charge is -2.10. The summed E-state index contributed by atoms with van der Waals surface area (Å²) in [6.07, 6.45) is 0. The summed E-state index contributed by atoms with van der Waals surface area (Å²) in [5.74, 6) is -1.03. The second kappa shape index (κ2) is 5.72. The number of para-hydroxylation sites is 2. The van der Waals surface area contributed by atoms with Crippen LogP contribution >= 0.6 is 0 Å². The van der Waals surface area contributed by atoms with E-state index >= 15 is 0 Å². The normalized spacial score (nSPS) is 10.4. The van der Waals surface area contributed by atoms with Crippen molar-refractivity contribution in [3.05, 3.63) is 59.8 Å². The van der Waals surface area contributed by atoms with Gasteiger partial charge in [-0.2, -0.15) is 0 Å². The fourth-order valence-electron chi connectivity index (χ4n) is 2.15. The van der Waals surface area contributed by atoms with E-state index < -0.39 is 11.8 Å². The number of benzene rings is 2.